The van der Waals surface area contributed by atoms with Crippen molar-refractivity contribution in [3.63, 3.8) is 0 Å². The Morgan fingerprint density at radius 3 is 2.60 bits per heavy atom. The van der Waals surface area contributed by atoms with Gasteiger partial charge in [-0.1, -0.05) is 11.9 Å². The van der Waals surface area contributed by atoms with E-state index in [1.165, 1.54) is 9.80 Å². The van der Waals surface area contributed by atoms with Crippen LogP contribution in [0.1, 0.15) is 50.2 Å². The maximum Gasteiger partial charge on any atom is 0.402 e. The maximum atomic E-state index is 13.0. The minimum absolute atomic E-state index is 0.0622. The lowest BCUT2D eigenvalue weighted by molar-refractivity contribution is -0.683. The second-order valence-electron chi connectivity index (χ2n) is 6.75. The third-order valence-electron chi connectivity index (χ3n) is 5.33. The van der Waals surface area contributed by atoms with Crippen LogP contribution >= 0.6 is 0 Å². The molecule has 1 fully saturated rings. The second-order valence-corrected chi connectivity index (χ2v) is 6.75. The molecule has 1 N–H and O–H groups in total. The summed E-state index contributed by atoms with van der Waals surface area (Å²) in [6.45, 7) is 8.41. The van der Waals surface area contributed by atoms with E-state index in [-0.39, 0.29) is 31.1 Å². The van der Waals surface area contributed by atoms with Gasteiger partial charge in [-0.2, -0.15) is 0 Å². The van der Waals surface area contributed by atoms with E-state index in [0.29, 0.717) is 12.3 Å². The number of aliphatic imine (C=N–C) groups is 1. The van der Waals surface area contributed by atoms with Gasteiger partial charge in [0.2, 0.25) is 11.9 Å². The molecule has 3 amide bonds. The van der Waals surface area contributed by atoms with Crippen molar-refractivity contribution in [3.8, 4) is 0 Å². The molecule has 1 saturated heterocycles. The molecule has 8 nitrogen and oxygen atoms in total. The van der Waals surface area contributed by atoms with Crippen LogP contribution in [-0.2, 0) is 4.79 Å². The minimum atomic E-state index is -0.611. The van der Waals surface area contributed by atoms with Gasteiger partial charge in [-0.25, -0.2) is 13.9 Å². The van der Waals surface area contributed by atoms with E-state index < -0.39 is 6.04 Å². The van der Waals surface area contributed by atoms with Crippen molar-refractivity contribution in [2.75, 3.05) is 20.2 Å². The van der Waals surface area contributed by atoms with Crippen molar-refractivity contribution in [2.45, 2.75) is 52.6 Å². The molecule has 2 atom stereocenters. The molecule has 0 saturated carbocycles. The molecule has 0 aromatic carbocycles. The number of carbonyl (C=O) groups excluding carboxylic acids is 2. The Morgan fingerprint density at radius 2 is 2.00 bits per heavy atom. The van der Waals surface area contributed by atoms with E-state index in [1.54, 1.807) is 7.05 Å². The van der Waals surface area contributed by atoms with Crippen LogP contribution in [0.2, 0.25) is 0 Å². The predicted octanol–water partition coefficient (Wildman–Crippen LogP) is 1.22. The largest absolute Gasteiger partial charge is 0.402 e. The van der Waals surface area contributed by atoms with Crippen LogP contribution in [-0.4, -0.2) is 57.4 Å². The average molecular weight is 348 g/mol. The summed E-state index contributed by atoms with van der Waals surface area (Å²) >= 11 is 0. The number of fused-ring (bicyclic) bond motifs is 3. The third kappa shape index (κ3) is 2.38. The highest BCUT2D eigenvalue weighted by Crippen LogP contribution is 2.33. The van der Waals surface area contributed by atoms with Crippen LogP contribution in [0.5, 0.6) is 0 Å². The van der Waals surface area contributed by atoms with Gasteiger partial charge in [-0.05, 0) is 33.6 Å². The van der Waals surface area contributed by atoms with E-state index >= 15 is 0 Å². The number of hydrogen-bond donors (Lipinski definition) is 1. The van der Waals surface area contributed by atoms with Gasteiger partial charge in [0.05, 0.1) is 6.04 Å². The average Bonchev–Trinajstić information content (AvgIpc) is 3.09. The molecule has 2 aliphatic rings. The quantitative estimate of drug-likeness (QED) is 0.813. The summed E-state index contributed by atoms with van der Waals surface area (Å²) < 4.78 is 4.08. The molecular formula is C17H26N5O3+. The molecule has 2 aliphatic heterocycles. The van der Waals surface area contributed by atoms with Crippen LogP contribution in [0.25, 0.3) is 0 Å². The fourth-order valence-corrected chi connectivity index (χ4v) is 3.61. The molecule has 2 unspecified atom stereocenters. The van der Waals surface area contributed by atoms with Crippen LogP contribution < -0.4 is 4.57 Å². The van der Waals surface area contributed by atoms with E-state index in [2.05, 4.69) is 23.4 Å². The van der Waals surface area contributed by atoms with Gasteiger partial charge in [0, 0.05) is 20.2 Å². The van der Waals surface area contributed by atoms with Gasteiger partial charge >= 0.3 is 12.0 Å². The highest BCUT2D eigenvalue weighted by molar-refractivity contribution is 6.19. The van der Waals surface area contributed by atoms with E-state index in [1.807, 2.05) is 18.4 Å². The molecule has 25 heavy (non-hydrogen) atoms. The van der Waals surface area contributed by atoms with Crippen LogP contribution in [0.3, 0.4) is 0 Å². The number of urea groups is 1. The van der Waals surface area contributed by atoms with E-state index in [0.717, 1.165) is 23.8 Å². The molecule has 0 spiro atoms. The smallest absolute Gasteiger partial charge is 0.396 e. The van der Waals surface area contributed by atoms with Crippen LogP contribution in [0, 0.1) is 13.8 Å². The van der Waals surface area contributed by atoms with E-state index in [9.17, 15) is 9.59 Å². The number of aromatic nitrogens is 2. The number of imidazole rings is 1. The highest BCUT2D eigenvalue weighted by atomic mass is 16.3. The normalized spacial score (nSPS) is 20.7. The predicted molar refractivity (Wildman–Crippen MR) is 91.8 cm³/mol. The maximum absolute atomic E-state index is 13.0. The second kappa shape index (κ2) is 6.25. The topological polar surface area (TPSA) is 82.0 Å². The summed E-state index contributed by atoms with van der Waals surface area (Å²) in [6.07, 6.45) is 1.32. The summed E-state index contributed by atoms with van der Waals surface area (Å²) in [5.41, 5.74) is 2.07. The Hall–Kier alpha value is -2.22. The minimum Gasteiger partial charge on any atom is -0.396 e. The first-order valence-corrected chi connectivity index (χ1v) is 8.76. The number of aliphatic hydroxyl groups is 1. The molecular weight excluding hydrogens is 322 g/mol. The van der Waals surface area contributed by atoms with Gasteiger partial charge < -0.3 is 5.11 Å². The molecule has 1 aromatic heterocycles. The molecule has 1 aromatic rings. The number of rotatable bonds is 5. The number of imide groups is 1. The zero-order valence-corrected chi connectivity index (χ0v) is 15.5. The number of carbonyl (C=O) groups is 2. The third-order valence-corrected chi connectivity index (χ3v) is 5.33. The Morgan fingerprint density at radius 1 is 1.32 bits per heavy atom. The first kappa shape index (κ1) is 17.6. The van der Waals surface area contributed by atoms with Gasteiger partial charge in [0.15, 0.2) is 0 Å². The molecule has 0 bridgehead atoms. The van der Waals surface area contributed by atoms with Gasteiger partial charge in [-0.3, -0.25) is 14.6 Å². The Bertz CT molecular complexity index is 767. The number of likely N-dealkylation sites (N-methyl/N-ethyl adjacent to an activating group) is 1. The Kier molecular flexibility index (Phi) is 4.40. The van der Waals surface area contributed by atoms with Gasteiger partial charge in [0.1, 0.15) is 11.4 Å². The highest BCUT2D eigenvalue weighted by Gasteiger charge is 2.54. The lowest BCUT2D eigenvalue weighted by Crippen LogP contribution is -2.63. The number of aliphatic hydroxyl groups excluding tert-OH is 1. The van der Waals surface area contributed by atoms with Crippen molar-refractivity contribution < 1.29 is 19.3 Å². The number of amidine groups is 1. The van der Waals surface area contributed by atoms with Gasteiger partial charge in [-0.15, -0.1) is 0 Å². The van der Waals surface area contributed by atoms with Crippen LogP contribution in [0.15, 0.2) is 4.99 Å². The summed E-state index contributed by atoms with van der Waals surface area (Å²) in [5.74, 6) is 0.926. The molecule has 8 heteroatoms. The zero-order chi connectivity index (χ0) is 18.5. The van der Waals surface area contributed by atoms with E-state index in [4.69, 9.17) is 5.11 Å². The fourth-order valence-electron chi connectivity index (χ4n) is 3.61. The van der Waals surface area contributed by atoms with Crippen LogP contribution in [0.4, 0.5) is 10.7 Å². The molecule has 0 radical (unpaired) electrons. The molecule has 3 rings (SSSR count). The number of nitrogens with zero attached hydrogens (tertiary/aromatic N) is 5. The lowest BCUT2D eigenvalue weighted by Gasteiger charge is -2.33. The Labute approximate surface area is 147 Å². The summed E-state index contributed by atoms with van der Waals surface area (Å²) in [4.78, 5) is 32.9. The zero-order valence-electron chi connectivity index (χ0n) is 15.5. The summed E-state index contributed by atoms with van der Waals surface area (Å²) in [6, 6.07) is -0.745. The fraction of sp³-hybridized carbons (Fsp3) is 0.647. The molecule has 136 valence electrons. The summed E-state index contributed by atoms with van der Waals surface area (Å²) in [5, 5.41) is 9.06. The lowest BCUT2D eigenvalue weighted by atomic mass is 10.1. The van der Waals surface area contributed by atoms with Crippen molar-refractivity contribution in [1.29, 1.82) is 0 Å². The first-order valence-electron chi connectivity index (χ1n) is 8.76. The van der Waals surface area contributed by atoms with Crippen molar-refractivity contribution in [1.82, 2.24) is 14.4 Å². The number of hydrogen-bond acceptors (Lipinski definition) is 4. The standard InChI is InChI=1S/C17H26N5O3/c1-6-10(2)21-11(3)12(4)22-13-14(18-16(21)22)19(5)17(25)20(15(13)24)8-7-9-23/h10,13,23H,6-9H2,1-5H3/q+1. The monoisotopic (exact) mass is 348 g/mol. The Balaban J connectivity index is 2.12. The first-order chi connectivity index (χ1) is 11.8. The molecule has 3 heterocycles. The van der Waals surface area contributed by atoms with Gasteiger partial charge in [0.25, 0.3) is 5.91 Å². The van der Waals surface area contributed by atoms with Crippen molar-refractivity contribution in [3.05, 3.63) is 11.4 Å². The van der Waals surface area contributed by atoms with Crippen molar-refractivity contribution >= 4 is 23.7 Å². The molecule has 0 aliphatic carbocycles. The number of amides is 3. The SMILES string of the molecule is CCC(C)n1c(C)c(C)[n+]2c1N=C1C2C(=O)N(CCCO)C(=O)N1C. The van der Waals surface area contributed by atoms with Crippen molar-refractivity contribution in [2.24, 2.45) is 4.99 Å². The summed E-state index contributed by atoms with van der Waals surface area (Å²) in [7, 11) is 1.65.